The van der Waals surface area contributed by atoms with E-state index in [4.69, 9.17) is 10.5 Å². The average molecular weight is 262 g/mol. The third-order valence-electron chi connectivity index (χ3n) is 2.20. The van der Waals surface area contributed by atoms with Crippen LogP contribution in [0.1, 0.15) is 10.4 Å². The highest BCUT2D eigenvalue weighted by Crippen LogP contribution is 2.19. The fraction of sp³-hybridized carbons (Fsp3) is 0.182. The van der Waals surface area contributed by atoms with Crippen LogP contribution in [-0.2, 0) is 0 Å². The van der Waals surface area contributed by atoms with Crippen molar-refractivity contribution < 1.29 is 14.1 Å². The monoisotopic (exact) mass is 262 g/mol. The second-order valence-electron chi connectivity index (χ2n) is 3.40. The molecule has 1 aromatic rings. The van der Waals surface area contributed by atoms with Crippen LogP contribution in [0.4, 0.5) is 10.1 Å². The molecule has 1 rings (SSSR count). The summed E-state index contributed by atoms with van der Waals surface area (Å²) in [4.78, 5) is 22.4. The summed E-state index contributed by atoms with van der Waals surface area (Å²) in [5.74, 6) is -1.81. The predicted octanol–water partition coefficient (Wildman–Crippen LogP) is 1.22. The van der Waals surface area contributed by atoms with Crippen molar-refractivity contribution in [2.24, 2.45) is 0 Å². The number of hydrogen-bond donors (Lipinski definition) is 0. The van der Waals surface area contributed by atoms with E-state index in [0.717, 1.165) is 23.1 Å². The highest BCUT2D eigenvalue weighted by molar-refractivity contribution is 5.95. The number of carbonyl (C=O) groups is 1. The molecule has 0 bridgehead atoms. The van der Waals surface area contributed by atoms with Crippen molar-refractivity contribution in [3.63, 3.8) is 0 Å². The van der Waals surface area contributed by atoms with E-state index in [1.165, 1.54) is 0 Å². The number of carbonyl (C=O) groups excluding carboxylic acids is 1. The van der Waals surface area contributed by atoms with Crippen molar-refractivity contribution in [2.45, 2.75) is 0 Å². The zero-order chi connectivity index (χ0) is 14.4. The second kappa shape index (κ2) is 6.07. The molecule has 0 saturated heterocycles. The van der Waals surface area contributed by atoms with Gasteiger partial charge in [-0.05, 0) is 12.1 Å². The van der Waals surface area contributed by atoms with Gasteiger partial charge >= 0.3 is 5.69 Å². The molecule has 1 amide bonds. The van der Waals surface area contributed by atoms with Crippen LogP contribution >= 0.6 is 0 Å². The van der Waals surface area contributed by atoms with Gasteiger partial charge in [0.15, 0.2) is 0 Å². The lowest BCUT2D eigenvalue weighted by atomic mass is 10.1. The number of rotatable bonds is 4. The molecule has 0 aliphatic rings. The van der Waals surface area contributed by atoms with Crippen molar-refractivity contribution in [3.05, 3.63) is 39.7 Å². The third kappa shape index (κ3) is 3.23. The molecule has 0 radical (unpaired) electrons. The summed E-state index contributed by atoms with van der Waals surface area (Å²) in [5.41, 5.74) is -0.988. The molecule has 0 fully saturated rings. The Morgan fingerprint density at radius 1 is 1.37 bits per heavy atom. The van der Waals surface area contributed by atoms with Gasteiger partial charge in [-0.15, -0.1) is 0 Å². The van der Waals surface area contributed by atoms with Gasteiger partial charge in [0.05, 0.1) is 17.1 Å². The van der Waals surface area contributed by atoms with Crippen molar-refractivity contribution in [1.82, 2.24) is 4.90 Å². The first-order chi connectivity index (χ1) is 9.01. The van der Waals surface area contributed by atoms with E-state index >= 15 is 0 Å². The average Bonchev–Trinajstić information content (AvgIpc) is 2.38. The molecule has 96 valence electrons. The van der Waals surface area contributed by atoms with E-state index in [1.54, 1.807) is 12.1 Å². The maximum Gasteiger partial charge on any atom is 0.305 e. The molecule has 0 unspecified atom stereocenters. The fourth-order valence-electron chi connectivity index (χ4n) is 1.34. The highest BCUT2D eigenvalue weighted by Gasteiger charge is 2.21. The summed E-state index contributed by atoms with van der Waals surface area (Å²) in [6.07, 6.45) is 0. The van der Waals surface area contributed by atoms with Gasteiger partial charge in [-0.3, -0.25) is 14.9 Å². The van der Waals surface area contributed by atoms with Gasteiger partial charge < -0.3 is 4.90 Å². The standard InChI is InChI=1S/C11H7FN4O3/c12-9-2-1-8(7-10(9)16(18)19)11(17)15(5-3-13)6-4-14/h1-2,7H,5-6H2. The molecule has 0 heterocycles. The summed E-state index contributed by atoms with van der Waals surface area (Å²) in [6.45, 7) is -0.671. The Balaban J connectivity index is 3.12. The smallest absolute Gasteiger partial charge is 0.305 e. The summed E-state index contributed by atoms with van der Waals surface area (Å²) in [6, 6.07) is 6.03. The molecular formula is C11H7FN4O3. The van der Waals surface area contributed by atoms with Crippen LogP contribution in [0.2, 0.25) is 0 Å². The zero-order valence-corrected chi connectivity index (χ0v) is 9.54. The van der Waals surface area contributed by atoms with Crippen LogP contribution in [0.25, 0.3) is 0 Å². The molecule has 1 aromatic carbocycles. The number of amides is 1. The molecule has 8 heteroatoms. The maximum absolute atomic E-state index is 13.1. The van der Waals surface area contributed by atoms with Crippen molar-refractivity contribution in [3.8, 4) is 12.1 Å². The quantitative estimate of drug-likeness (QED) is 0.460. The minimum absolute atomic E-state index is 0.154. The third-order valence-corrected chi connectivity index (χ3v) is 2.20. The van der Waals surface area contributed by atoms with Crippen LogP contribution in [-0.4, -0.2) is 28.8 Å². The van der Waals surface area contributed by atoms with E-state index in [-0.39, 0.29) is 18.7 Å². The summed E-state index contributed by atoms with van der Waals surface area (Å²) in [7, 11) is 0. The number of nitro groups is 1. The number of nitriles is 2. The highest BCUT2D eigenvalue weighted by atomic mass is 19.1. The first-order valence-electron chi connectivity index (χ1n) is 4.98. The van der Waals surface area contributed by atoms with E-state index in [0.29, 0.717) is 0 Å². The number of hydrogen-bond acceptors (Lipinski definition) is 5. The van der Waals surface area contributed by atoms with Gasteiger partial charge in [0.2, 0.25) is 5.82 Å². The number of nitro benzene ring substituents is 1. The minimum atomic E-state index is -1.06. The van der Waals surface area contributed by atoms with Gasteiger partial charge in [-0.25, -0.2) is 0 Å². The summed E-state index contributed by atoms with van der Waals surface area (Å²) in [5, 5.41) is 27.6. The first kappa shape index (κ1) is 14.1. The maximum atomic E-state index is 13.1. The van der Waals surface area contributed by atoms with Gasteiger partial charge in [0, 0.05) is 11.6 Å². The normalized spacial score (nSPS) is 9.21. The van der Waals surface area contributed by atoms with Gasteiger partial charge in [-0.1, -0.05) is 0 Å². The largest absolute Gasteiger partial charge is 0.312 e. The van der Waals surface area contributed by atoms with E-state index < -0.39 is 22.3 Å². The van der Waals surface area contributed by atoms with Crippen LogP contribution in [0, 0.1) is 38.6 Å². The molecule has 19 heavy (non-hydrogen) atoms. The van der Waals surface area contributed by atoms with Crippen LogP contribution in [0.15, 0.2) is 18.2 Å². The van der Waals surface area contributed by atoms with Gasteiger partial charge in [0.25, 0.3) is 5.91 Å². The van der Waals surface area contributed by atoms with Crippen molar-refractivity contribution >= 4 is 11.6 Å². The molecule has 7 nitrogen and oxygen atoms in total. The minimum Gasteiger partial charge on any atom is -0.312 e. The Kier molecular flexibility index (Phi) is 4.50. The van der Waals surface area contributed by atoms with Crippen molar-refractivity contribution in [2.75, 3.05) is 13.1 Å². The molecule has 0 aliphatic heterocycles. The molecule has 0 aliphatic carbocycles. The Morgan fingerprint density at radius 3 is 2.42 bits per heavy atom. The summed E-state index contributed by atoms with van der Waals surface area (Å²) >= 11 is 0. The molecular weight excluding hydrogens is 255 g/mol. The van der Waals surface area contributed by atoms with Gasteiger partial charge in [0.1, 0.15) is 13.1 Å². The lowest BCUT2D eigenvalue weighted by molar-refractivity contribution is -0.387. The first-order valence-corrected chi connectivity index (χ1v) is 4.98. The lowest BCUT2D eigenvalue weighted by Crippen LogP contribution is -2.31. The van der Waals surface area contributed by atoms with Crippen LogP contribution < -0.4 is 0 Å². The number of halogens is 1. The van der Waals surface area contributed by atoms with Crippen molar-refractivity contribution in [1.29, 1.82) is 10.5 Å². The van der Waals surface area contributed by atoms with Crippen LogP contribution in [0.3, 0.4) is 0 Å². The number of nitrogens with zero attached hydrogens (tertiary/aromatic N) is 4. The Bertz CT molecular complexity index is 587. The topological polar surface area (TPSA) is 111 Å². The number of benzene rings is 1. The second-order valence-corrected chi connectivity index (χ2v) is 3.40. The Hall–Kier alpha value is -3.00. The summed E-state index contributed by atoms with van der Waals surface area (Å²) < 4.78 is 13.1. The molecule has 0 saturated carbocycles. The molecule has 0 atom stereocenters. The SMILES string of the molecule is N#CCN(CC#N)C(=O)c1ccc(F)c([N+](=O)[O-])c1. The Morgan fingerprint density at radius 2 is 1.95 bits per heavy atom. The van der Waals surface area contributed by atoms with Gasteiger partial charge in [-0.2, -0.15) is 14.9 Å². The van der Waals surface area contributed by atoms with E-state index in [9.17, 15) is 19.3 Å². The molecule has 0 spiro atoms. The lowest BCUT2D eigenvalue weighted by Gasteiger charge is -2.15. The zero-order valence-electron chi connectivity index (χ0n) is 9.54. The van der Waals surface area contributed by atoms with E-state index in [2.05, 4.69) is 0 Å². The fourth-order valence-corrected chi connectivity index (χ4v) is 1.34. The van der Waals surface area contributed by atoms with E-state index in [1.807, 2.05) is 0 Å². The molecule has 0 aromatic heterocycles. The van der Waals surface area contributed by atoms with Crippen LogP contribution in [0.5, 0.6) is 0 Å². The molecule has 0 N–H and O–H groups in total. The Labute approximate surface area is 107 Å². The predicted molar refractivity (Wildman–Crippen MR) is 60.2 cm³/mol.